The molecule has 1 amide bonds. The molecular weight excluding hydrogens is 302 g/mol. The molecule has 0 aromatic carbocycles. The van der Waals surface area contributed by atoms with E-state index in [-0.39, 0.29) is 6.09 Å². The molecule has 1 aliphatic heterocycles. The standard InChI is InChI=1S/C19H27N3O2/c1-19(2,3)24-18(23)22-10-6-7-14(13-22)11-15-12-16-17(21(15)4)8-5-9-20-16/h5,8-9,12,14H,6-7,10-11,13H2,1-4H3. The number of likely N-dealkylation sites (tertiary alicyclic amines) is 1. The number of nitrogens with zero attached hydrogens (tertiary/aromatic N) is 3. The van der Waals surface area contributed by atoms with Crippen LogP contribution in [0.5, 0.6) is 0 Å². The van der Waals surface area contributed by atoms with Gasteiger partial charge in [0.05, 0.1) is 11.0 Å². The molecule has 0 aliphatic carbocycles. The lowest BCUT2D eigenvalue weighted by molar-refractivity contribution is 0.0165. The van der Waals surface area contributed by atoms with Crippen molar-refractivity contribution in [3.05, 3.63) is 30.1 Å². The van der Waals surface area contributed by atoms with E-state index in [0.29, 0.717) is 5.92 Å². The minimum Gasteiger partial charge on any atom is -0.444 e. The first kappa shape index (κ1) is 16.8. The number of pyridine rings is 1. The van der Waals surface area contributed by atoms with Crippen LogP contribution in [0.4, 0.5) is 4.79 Å². The first-order valence-electron chi connectivity index (χ1n) is 8.71. The van der Waals surface area contributed by atoms with Crippen LogP contribution in [0.2, 0.25) is 0 Å². The fourth-order valence-electron chi connectivity index (χ4n) is 3.43. The van der Waals surface area contributed by atoms with Gasteiger partial charge in [-0.3, -0.25) is 4.98 Å². The van der Waals surface area contributed by atoms with Crippen LogP contribution in [0.25, 0.3) is 11.0 Å². The molecule has 1 aliphatic rings. The van der Waals surface area contributed by atoms with Crippen LogP contribution in [0.1, 0.15) is 39.3 Å². The third kappa shape index (κ3) is 3.71. The number of amides is 1. The largest absolute Gasteiger partial charge is 0.444 e. The van der Waals surface area contributed by atoms with Crippen molar-refractivity contribution in [3.63, 3.8) is 0 Å². The summed E-state index contributed by atoms with van der Waals surface area (Å²) in [6.07, 6.45) is 4.79. The number of carbonyl (C=O) groups is 1. The maximum absolute atomic E-state index is 12.3. The van der Waals surface area contributed by atoms with E-state index in [9.17, 15) is 4.79 Å². The Bertz CT molecular complexity index is 730. The van der Waals surface area contributed by atoms with E-state index in [2.05, 4.69) is 28.7 Å². The molecule has 0 radical (unpaired) electrons. The Morgan fingerprint density at radius 1 is 1.42 bits per heavy atom. The van der Waals surface area contributed by atoms with Gasteiger partial charge in [-0.25, -0.2) is 4.79 Å². The smallest absolute Gasteiger partial charge is 0.410 e. The number of rotatable bonds is 2. The Morgan fingerprint density at radius 3 is 2.92 bits per heavy atom. The average Bonchev–Trinajstić information content (AvgIpc) is 2.83. The zero-order valence-corrected chi connectivity index (χ0v) is 15.1. The van der Waals surface area contributed by atoms with Crippen LogP contribution in [0, 0.1) is 5.92 Å². The molecule has 2 aromatic heterocycles. The first-order chi connectivity index (χ1) is 11.3. The Morgan fingerprint density at radius 2 is 2.21 bits per heavy atom. The van der Waals surface area contributed by atoms with Crippen molar-refractivity contribution in [2.24, 2.45) is 13.0 Å². The molecular formula is C19H27N3O2. The third-order valence-corrected chi connectivity index (χ3v) is 4.58. The predicted octanol–water partition coefficient (Wildman–Crippen LogP) is 3.76. The molecule has 0 N–H and O–H groups in total. The second-order valence-corrected chi connectivity index (χ2v) is 7.74. The first-order valence-corrected chi connectivity index (χ1v) is 8.71. The third-order valence-electron chi connectivity index (χ3n) is 4.58. The monoisotopic (exact) mass is 329 g/mol. The van der Waals surface area contributed by atoms with Crippen LogP contribution in [-0.2, 0) is 18.2 Å². The number of ether oxygens (including phenoxy) is 1. The van der Waals surface area contributed by atoms with E-state index in [1.54, 1.807) is 0 Å². The summed E-state index contributed by atoms with van der Waals surface area (Å²) in [5.74, 6) is 0.467. The highest BCUT2D eigenvalue weighted by atomic mass is 16.6. The quantitative estimate of drug-likeness (QED) is 0.843. The number of hydrogen-bond acceptors (Lipinski definition) is 3. The summed E-state index contributed by atoms with van der Waals surface area (Å²) in [6, 6.07) is 6.23. The van der Waals surface area contributed by atoms with Gasteiger partial charge in [-0.05, 0) is 64.2 Å². The molecule has 5 nitrogen and oxygen atoms in total. The summed E-state index contributed by atoms with van der Waals surface area (Å²) >= 11 is 0. The van der Waals surface area contributed by atoms with E-state index in [1.165, 1.54) is 5.69 Å². The van der Waals surface area contributed by atoms with E-state index < -0.39 is 5.60 Å². The summed E-state index contributed by atoms with van der Waals surface area (Å²) in [6.45, 7) is 7.30. The molecule has 1 saturated heterocycles. The average molecular weight is 329 g/mol. The maximum atomic E-state index is 12.3. The fraction of sp³-hybridized carbons (Fsp3) is 0.579. The summed E-state index contributed by atoms with van der Waals surface area (Å²) in [7, 11) is 2.09. The molecule has 130 valence electrons. The van der Waals surface area contributed by atoms with Gasteiger partial charge in [0, 0.05) is 32.0 Å². The van der Waals surface area contributed by atoms with E-state index in [1.807, 2.05) is 37.9 Å². The van der Waals surface area contributed by atoms with Gasteiger partial charge in [0.1, 0.15) is 5.60 Å². The van der Waals surface area contributed by atoms with Gasteiger partial charge in [-0.1, -0.05) is 0 Å². The zero-order chi connectivity index (χ0) is 17.3. The van der Waals surface area contributed by atoms with Gasteiger partial charge in [-0.2, -0.15) is 0 Å². The lowest BCUT2D eigenvalue weighted by Gasteiger charge is -2.34. The van der Waals surface area contributed by atoms with E-state index in [4.69, 9.17) is 4.74 Å². The number of fused-ring (bicyclic) bond motifs is 1. The number of aryl methyl sites for hydroxylation is 1. The van der Waals surface area contributed by atoms with Crippen LogP contribution in [0.15, 0.2) is 24.4 Å². The molecule has 1 fully saturated rings. The molecule has 0 spiro atoms. The number of carbonyl (C=O) groups excluding carboxylic acids is 1. The van der Waals surface area contributed by atoms with Gasteiger partial charge in [0.15, 0.2) is 0 Å². The van der Waals surface area contributed by atoms with Crippen molar-refractivity contribution in [2.45, 2.75) is 45.6 Å². The van der Waals surface area contributed by atoms with E-state index in [0.717, 1.165) is 43.4 Å². The van der Waals surface area contributed by atoms with Crippen LogP contribution >= 0.6 is 0 Å². The normalized spacial score (nSPS) is 18.8. The van der Waals surface area contributed by atoms with Crippen LogP contribution in [0.3, 0.4) is 0 Å². The van der Waals surface area contributed by atoms with Gasteiger partial charge in [0.2, 0.25) is 0 Å². The second-order valence-electron chi connectivity index (χ2n) is 7.74. The van der Waals surface area contributed by atoms with Crippen LogP contribution < -0.4 is 0 Å². The van der Waals surface area contributed by atoms with E-state index >= 15 is 0 Å². The molecule has 3 rings (SSSR count). The van der Waals surface area contributed by atoms with Crippen molar-refractivity contribution in [1.29, 1.82) is 0 Å². The molecule has 5 heteroatoms. The summed E-state index contributed by atoms with van der Waals surface area (Å²) in [5.41, 5.74) is 3.03. The van der Waals surface area contributed by atoms with Crippen molar-refractivity contribution in [3.8, 4) is 0 Å². The van der Waals surface area contributed by atoms with Gasteiger partial charge >= 0.3 is 6.09 Å². The Hall–Kier alpha value is -2.04. The molecule has 0 saturated carbocycles. The lowest BCUT2D eigenvalue weighted by Crippen LogP contribution is -2.43. The summed E-state index contributed by atoms with van der Waals surface area (Å²) in [5, 5.41) is 0. The molecule has 2 aromatic rings. The summed E-state index contributed by atoms with van der Waals surface area (Å²) < 4.78 is 7.74. The van der Waals surface area contributed by atoms with Gasteiger partial charge in [-0.15, -0.1) is 0 Å². The van der Waals surface area contributed by atoms with Crippen molar-refractivity contribution >= 4 is 17.1 Å². The lowest BCUT2D eigenvalue weighted by atomic mass is 9.93. The minimum atomic E-state index is -0.439. The molecule has 0 bridgehead atoms. The Labute approximate surface area is 143 Å². The highest BCUT2D eigenvalue weighted by Crippen LogP contribution is 2.25. The number of piperidine rings is 1. The zero-order valence-electron chi connectivity index (χ0n) is 15.1. The SMILES string of the molecule is Cn1c(CC2CCCN(C(=O)OC(C)(C)C)C2)cc2ncccc21. The number of aromatic nitrogens is 2. The molecule has 24 heavy (non-hydrogen) atoms. The van der Waals surface area contributed by atoms with Crippen molar-refractivity contribution < 1.29 is 9.53 Å². The van der Waals surface area contributed by atoms with Crippen LogP contribution in [-0.4, -0.2) is 39.2 Å². The molecule has 3 heterocycles. The topological polar surface area (TPSA) is 47.4 Å². The highest BCUT2D eigenvalue weighted by molar-refractivity contribution is 5.76. The second kappa shape index (κ2) is 6.46. The minimum absolute atomic E-state index is 0.189. The Balaban J connectivity index is 1.68. The van der Waals surface area contributed by atoms with Crippen molar-refractivity contribution in [2.75, 3.05) is 13.1 Å². The number of hydrogen-bond donors (Lipinski definition) is 0. The fourth-order valence-corrected chi connectivity index (χ4v) is 3.43. The molecule has 1 unspecified atom stereocenters. The molecule has 1 atom stereocenters. The van der Waals surface area contributed by atoms with Gasteiger partial charge < -0.3 is 14.2 Å². The maximum Gasteiger partial charge on any atom is 0.410 e. The Kier molecular flexibility index (Phi) is 4.52. The summed E-state index contributed by atoms with van der Waals surface area (Å²) in [4.78, 5) is 18.6. The van der Waals surface area contributed by atoms with Crippen molar-refractivity contribution in [1.82, 2.24) is 14.5 Å². The van der Waals surface area contributed by atoms with Gasteiger partial charge in [0.25, 0.3) is 0 Å². The predicted molar refractivity (Wildman–Crippen MR) is 94.9 cm³/mol. The highest BCUT2D eigenvalue weighted by Gasteiger charge is 2.28.